The molecule has 1 fully saturated rings. The van der Waals surface area contributed by atoms with Crippen LogP contribution in [0.5, 0.6) is 0 Å². The Labute approximate surface area is 156 Å². The molecule has 1 atom stereocenters. The summed E-state index contributed by atoms with van der Waals surface area (Å²) in [5.41, 5.74) is 5.14. The summed E-state index contributed by atoms with van der Waals surface area (Å²) in [4.78, 5) is 0. The molecule has 1 saturated carbocycles. The molecule has 1 aromatic carbocycles. The molecule has 0 spiro atoms. The van der Waals surface area contributed by atoms with Crippen molar-refractivity contribution in [1.29, 1.82) is 0 Å². The first-order chi connectivity index (χ1) is 12.4. The SMILES string of the molecule is CCCCCCCCCc1cccc2c1CCC(CC1CCCC1)C2. The van der Waals surface area contributed by atoms with E-state index in [-0.39, 0.29) is 0 Å². The van der Waals surface area contributed by atoms with Crippen LogP contribution < -0.4 is 0 Å². The van der Waals surface area contributed by atoms with Gasteiger partial charge in [0.25, 0.3) is 0 Å². The van der Waals surface area contributed by atoms with Gasteiger partial charge in [-0.3, -0.25) is 0 Å². The van der Waals surface area contributed by atoms with E-state index in [0.29, 0.717) is 0 Å². The number of aryl methyl sites for hydroxylation is 1. The van der Waals surface area contributed by atoms with Crippen molar-refractivity contribution in [2.24, 2.45) is 11.8 Å². The lowest BCUT2D eigenvalue weighted by Crippen LogP contribution is -2.18. The van der Waals surface area contributed by atoms with E-state index in [4.69, 9.17) is 0 Å². The van der Waals surface area contributed by atoms with Crippen molar-refractivity contribution in [2.75, 3.05) is 0 Å². The Kier molecular flexibility index (Phi) is 7.89. The van der Waals surface area contributed by atoms with Gasteiger partial charge in [0.05, 0.1) is 0 Å². The molecular weight excluding hydrogens is 300 g/mol. The molecule has 0 N–H and O–H groups in total. The lowest BCUT2D eigenvalue weighted by Gasteiger charge is -2.28. The van der Waals surface area contributed by atoms with Gasteiger partial charge < -0.3 is 0 Å². The zero-order valence-corrected chi connectivity index (χ0v) is 16.7. The van der Waals surface area contributed by atoms with Crippen molar-refractivity contribution in [3.05, 3.63) is 34.9 Å². The Morgan fingerprint density at radius 2 is 1.60 bits per heavy atom. The third-order valence-corrected chi connectivity index (χ3v) is 6.87. The van der Waals surface area contributed by atoms with E-state index in [2.05, 4.69) is 25.1 Å². The first kappa shape index (κ1) is 19.0. The fourth-order valence-electron chi connectivity index (χ4n) is 5.39. The summed E-state index contributed by atoms with van der Waals surface area (Å²) in [6.45, 7) is 2.30. The highest BCUT2D eigenvalue weighted by Gasteiger charge is 2.24. The van der Waals surface area contributed by atoms with Crippen LogP contribution >= 0.6 is 0 Å². The van der Waals surface area contributed by atoms with Crippen LogP contribution in [0.1, 0.15) is 107 Å². The summed E-state index contributed by atoms with van der Waals surface area (Å²) in [5, 5.41) is 0. The Morgan fingerprint density at radius 3 is 2.40 bits per heavy atom. The van der Waals surface area contributed by atoms with Gasteiger partial charge in [0.2, 0.25) is 0 Å². The van der Waals surface area contributed by atoms with Gasteiger partial charge in [-0.25, -0.2) is 0 Å². The monoisotopic (exact) mass is 340 g/mol. The molecule has 0 nitrogen and oxygen atoms in total. The number of fused-ring (bicyclic) bond motifs is 1. The third-order valence-electron chi connectivity index (χ3n) is 6.87. The van der Waals surface area contributed by atoms with E-state index in [0.717, 1.165) is 11.8 Å². The lowest BCUT2D eigenvalue weighted by molar-refractivity contribution is 0.343. The Balaban J connectivity index is 1.44. The number of benzene rings is 1. The van der Waals surface area contributed by atoms with Gasteiger partial charge in [-0.1, -0.05) is 89.3 Å². The van der Waals surface area contributed by atoms with Crippen molar-refractivity contribution < 1.29 is 0 Å². The van der Waals surface area contributed by atoms with E-state index in [9.17, 15) is 0 Å². The highest BCUT2D eigenvalue weighted by atomic mass is 14.3. The van der Waals surface area contributed by atoms with Crippen LogP contribution in [-0.2, 0) is 19.3 Å². The maximum atomic E-state index is 2.43. The molecule has 1 aromatic rings. The van der Waals surface area contributed by atoms with Crippen LogP contribution in [0.25, 0.3) is 0 Å². The normalized spacial score (nSPS) is 20.8. The molecule has 3 rings (SSSR count). The van der Waals surface area contributed by atoms with Gasteiger partial charge in [-0.15, -0.1) is 0 Å². The Hall–Kier alpha value is -0.780. The molecular formula is C25H40. The second-order valence-electron chi connectivity index (χ2n) is 8.92. The second kappa shape index (κ2) is 10.4. The van der Waals surface area contributed by atoms with Gasteiger partial charge >= 0.3 is 0 Å². The average molecular weight is 341 g/mol. The fraction of sp³-hybridized carbons (Fsp3) is 0.760. The summed E-state index contributed by atoms with van der Waals surface area (Å²) < 4.78 is 0. The first-order valence-electron chi connectivity index (χ1n) is 11.5. The summed E-state index contributed by atoms with van der Waals surface area (Å²) in [6.07, 6.45) is 23.0. The van der Waals surface area contributed by atoms with Crippen molar-refractivity contribution >= 4 is 0 Å². The van der Waals surface area contributed by atoms with E-state index in [1.165, 1.54) is 103 Å². The van der Waals surface area contributed by atoms with Crippen molar-refractivity contribution in [2.45, 2.75) is 110 Å². The molecule has 2 aliphatic rings. The molecule has 2 aliphatic carbocycles. The number of rotatable bonds is 10. The topological polar surface area (TPSA) is 0 Å². The highest BCUT2D eigenvalue weighted by Crippen LogP contribution is 2.36. The van der Waals surface area contributed by atoms with Crippen molar-refractivity contribution in [3.63, 3.8) is 0 Å². The minimum Gasteiger partial charge on any atom is -0.0654 e. The molecule has 0 radical (unpaired) electrons. The number of unbranched alkanes of at least 4 members (excludes halogenated alkanes) is 6. The van der Waals surface area contributed by atoms with Gasteiger partial charge in [0.1, 0.15) is 0 Å². The summed E-state index contributed by atoms with van der Waals surface area (Å²) in [7, 11) is 0. The quantitative estimate of drug-likeness (QED) is 0.383. The van der Waals surface area contributed by atoms with Crippen LogP contribution in [0.3, 0.4) is 0 Å². The van der Waals surface area contributed by atoms with E-state index >= 15 is 0 Å². The predicted octanol–water partition coefficient (Wildman–Crippen LogP) is 7.66. The number of hydrogen-bond acceptors (Lipinski definition) is 0. The molecule has 1 unspecified atom stereocenters. The first-order valence-corrected chi connectivity index (χ1v) is 11.5. The molecule has 0 aromatic heterocycles. The van der Waals surface area contributed by atoms with Crippen molar-refractivity contribution in [1.82, 2.24) is 0 Å². The van der Waals surface area contributed by atoms with E-state index in [1.807, 2.05) is 0 Å². The van der Waals surface area contributed by atoms with Gasteiger partial charge in [-0.2, -0.15) is 0 Å². The molecule has 0 bridgehead atoms. The van der Waals surface area contributed by atoms with Crippen LogP contribution in [-0.4, -0.2) is 0 Å². The third kappa shape index (κ3) is 5.87. The lowest BCUT2D eigenvalue weighted by atomic mass is 9.77. The largest absolute Gasteiger partial charge is 0.0654 e. The second-order valence-corrected chi connectivity index (χ2v) is 8.92. The maximum Gasteiger partial charge on any atom is -0.0247 e. The van der Waals surface area contributed by atoms with Crippen LogP contribution in [0.2, 0.25) is 0 Å². The van der Waals surface area contributed by atoms with Gasteiger partial charge in [0.15, 0.2) is 0 Å². The summed E-state index contributed by atoms with van der Waals surface area (Å²) in [6, 6.07) is 7.20. The predicted molar refractivity (Wildman–Crippen MR) is 110 cm³/mol. The molecule has 140 valence electrons. The molecule has 0 amide bonds. The molecule has 25 heavy (non-hydrogen) atoms. The zero-order valence-electron chi connectivity index (χ0n) is 16.7. The summed E-state index contributed by atoms with van der Waals surface area (Å²) in [5.74, 6) is 2.03. The minimum absolute atomic E-state index is 0.976. The van der Waals surface area contributed by atoms with Crippen LogP contribution in [0.4, 0.5) is 0 Å². The molecule has 0 saturated heterocycles. The van der Waals surface area contributed by atoms with Crippen molar-refractivity contribution in [3.8, 4) is 0 Å². The standard InChI is InChI=1S/C25H40/c1-2-3-4-5-6-7-8-14-23-15-11-16-24-20-22(17-18-25(23)24)19-21-12-9-10-13-21/h11,15-16,21-22H,2-10,12-14,17-20H2,1H3. The zero-order chi connectivity index (χ0) is 17.3. The Bertz CT molecular complexity index is 495. The van der Waals surface area contributed by atoms with E-state index in [1.54, 1.807) is 16.7 Å². The Morgan fingerprint density at radius 1 is 0.840 bits per heavy atom. The van der Waals surface area contributed by atoms with Crippen LogP contribution in [0.15, 0.2) is 18.2 Å². The number of hydrogen-bond donors (Lipinski definition) is 0. The average Bonchev–Trinajstić information content (AvgIpc) is 3.14. The highest BCUT2D eigenvalue weighted by molar-refractivity contribution is 5.37. The van der Waals surface area contributed by atoms with Crippen LogP contribution in [0, 0.1) is 11.8 Å². The maximum absolute atomic E-state index is 2.43. The van der Waals surface area contributed by atoms with E-state index < -0.39 is 0 Å². The smallest absolute Gasteiger partial charge is 0.0247 e. The van der Waals surface area contributed by atoms with Gasteiger partial charge in [-0.05, 0) is 67.1 Å². The van der Waals surface area contributed by atoms with Gasteiger partial charge in [0, 0.05) is 0 Å². The molecule has 0 heterocycles. The molecule has 0 heteroatoms. The molecule has 0 aliphatic heterocycles. The minimum atomic E-state index is 0.976. The fourth-order valence-corrected chi connectivity index (χ4v) is 5.39. The summed E-state index contributed by atoms with van der Waals surface area (Å²) >= 11 is 0.